The Bertz CT molecular complexity index is 159. The normalized spacial score (nSPS) is 40.7. The fraction of sp³-hybridized carbons (Fsp3) is 0.875. The second-order valence-electron chi connectivity index (χ2n) is 3.38. The lowest BCUT2D eigenvalue weighted by Crippen LogP contribution is -2.40. The largest absolute Gasteiger partial charge is 0.326 e. The number of nitriles is 1. The van der Waals surface area contributed by atoms with E-state index in [0.29, 0.717) is 0 Å². The molecule has 2 heteroatoms. The third kappa shape index (κ3) is 1.15. The van der Waals surface area contributed by atoms with Gasteiger partial charge in [-0.05, 0) is 19.8 Å². The van der Waals surface area contributed by atoms with Gasteiger partial charge in [0.2, 0.25) is 0 Å². The smallest absolute Gasteiger partial charge is 0.0703 e. The molecule has 0 aliphatic heterocycles. The van der Waals surface area contributed by atoms with E-state index >= 15 is 0 Å². The van der Waals surface area contributed by atoms with Crippen LogP contribution in [0.25, 0.3) is 0 Å². The van der Waals surface area contributed by atoms with Crippen LogP contribution in [0.4, 0.5) is 0 Å². The molecule has 0 radical (unpaired) electrons. The molecule has 1 aliphatic carbocycles. The Labute approximate surface area is 62.0 Å². The average Bonchev–Trinajstić information content (AvgIpc) is 1.96. The monoisotopic (exact) mass is 138 g/mol. The third-order valence-corrected chi connectivity index (χ3v) is 2.54. The molecule has 1 rings (SSSR count). The van der Waals surface area contributed by atoms with Gasteiger partial charge in [-0.2, -0.15) is 5.26 Å². The van der Waals surface area contributed by atoms with Gasteiger partial charge in [-0.15, -0.1) is 0 Å². The molecule has 56 valence electrons. The molecule has 1 aliphatic rings. The molecule has 0 spiro atoms. The fourth-order valence-electron chi connectivity index (χ4n) is 1.50. The predicted molar refractivity (Wildman–Crippen MR) is 40.2 cm³/mol. The van der Waals surface area contributed by atoms with Gasteiger partial charge in [0.1, 0.15) is 0 Å². The SMILES string of the molecule is C[C@@]1(C#N)CCCC[C@@H]1N. The second-order valence-corrected chi connectivity index (χ2v) is 3.38. The molecule has 1 saturated carbocycles. The highest BCUT2D eigenvalue weighted by molar-refractivity contribution is 5.04. The molecule has 2 atom stereocenters. The lowest BCUT2D eigenvalue weighted by atomic mass is 9.73. The van der Waals surface area contributed by atoms with Crippen molar-refractivity contribution in [1.82, 2.24) is 0 Å². The van der Waals surface area contributed by atoms with Crippen LogP contribution in [-0.4, -0.2) is 6.04 Å². The average molecular weight is 138 g/mol. The predicted octanol–water partition coefficient (Wildman–Crippen LogP) is 1.42. The highest BCUT2D eigenvalue weighted by Gasteiger charge is 2.33. The Morgan fingerprint density at radius 3 is 2.70 bits per heavy atom. The summed E-state index contributed by atoms with van der Waals surface area (Å²) in [5, 5.41) is 8.79. The molecule has 1 fully saturated rings. The van der Waals surface area contributed by atoms with Crippen molar-refractivity contribution in [3.63, 3.8) is 0 Å². The van der Waals surface area contributed by atoms with Crippen molar-refractivity contribution >= 4 is 0 Å². The molecule has 0 unspecified atom stereocenters. The number of hydrogen-bond acceptors (Lipinski definition) is 2. The first-order chi connectivity index (χ1) is 4.69. The van der Waals surface area contributed by atoms with Crippen molar-refractivity contribution in [2.75, 3.05) is 0 Å². The number of rotatable bonds is 0. The van der Waals surface area contributed by atoms with Gasteiger partial charge in [-0.3, -0.25) is 0 Å². The van der Waals surface area contributed by atoms with Crippen LogP contribution in [0.1, 0.15) is 32.6 Å². The summed E-state index contributed by atoms with van der Waals surface area (Å²) in [5.74, 6) is 0. The zero-order chi connectivity index (χ0) is 7.61. The minimum atomic E-state index is -0.238. The van der Waals surface area contributed by atoms with E-state index in [4.69, 9.17) is 11.0 Å². The Morgan fingerprint density at radius 1 is 1.60 bits per heavy atom. The van der Waals surface area contributed by atoms with Gasteiger partial charge in [0, 0.05) is 6.04 Å². The number of nitrogens with zero attached hydrogens (tertiary/aromatic N) is 1. The van der Waals surface area contributed by atoms with Gasteiger partial charge >= 0.3 is 0 Å². The molecule has 2 nitrogen and oxygen atoms in total. The molecular formula is C8H14N2. The molecule has 2 N–H and O–H groups in total. The van der Waals surface area contributed by atoms with Gasteiger partial charge in [0.25, 0.3) is 0 Å². The van der Waals surface area contributed by atoms with Gasteiger partial charge in [-0.25, -0.2) is 0 Å². The van der Waals surface area contributed by atoms with Gasteiger partial charge in [0.15, 0.2) is 0 Å². The summed E-state index contributed by atoms with van der Waals surface area (Å²) in [4.78, 5) is 0. The van der Waals surface area contributed by atoms with Crippen LogP contribution in [0.3, 0.4) is 0 Å². The maximum Gasteiger partial charge on any atom is 0.0703 e. The number of nitrogens with two attached hydrogens (primary N) is 1. The van der Waals surface area contributed by atoms with Crippen LogP contribution in [0.5, 0.6) is 0 Å². The van der Waals surface area contributed by atoms with E-state index in [-0.39, 0.29) is 11.5 Å². The lowest BCUT2D eigenvalue weighted by molar-refractivity contribution is 0.249. The first kappa shape index (κ1) is 7.56. The highest BCUT2D eigenvalue weighted by Crippen LogP contribution is 2.33. The zero-order valence-electron chi connectivity index (χ0n) is 6.43. The van der Waals surface area contributed by atoms with E-state index in [2.05, 4.69) is 6.07 Å². The van der Waals surface area contributed by atoms with Crippen molar-refractivity contribution in [1.29, 1.82) is 5.26 Å². The Hall–Kier alpha value is -0.550. The quantitative estimate of drug-likeness (QED) is 0.550. The summed E-state index contributed by atoms with van der Waals surface area (Å²) >= 11 is 0. The van der Waals surface area contributed by atoms with Crippen molar-refractivity contribution in [2.24, 2.45) is 11.1 Å². The molecule has 0 aromatic heterocycles. The third-order valence-electron chi connectivity index (χ3n) is 2.54. The van der Waals surface area contributed by atoms with Crippen LogP contribution >= 0.6 is 0 Å². The standard InChI is InChI=1S/C8H14N2/c1-8(6-9)5-3-2-4-7(8)10/h7H,2-5,10H2,1H3/t7-,8-/m0/s1. The minimum Gasteiger partial charge on any atom is -0.326 e. The summed E-state index contributed by atoms with van der Waals surface area (Å²) in [7, 11) is 0. The summed E-state index contributed by atoms with van der Waals surface area (Å²) < 4.78 is 0. The van der Waals surface area contributed by atoms with Crippen LogP contribution in [0.15, 0.2) is 0 Å². The maximum atomic E-state index is 8.79. The molecule has 0 heterocycles. The topological polar surface area (TPSA) is 49.8 Å². The maximum absolute atomic E-state index is 8.79. The van der Waals surface area contributed by atoms with E-state index in [1.165, 1.54) is 6.42 Å². The van der Waals surface area contributed by atoms with Crippen molar-refractivity contribution in [3.05, 3.63) is 0 Å². The number of hydrogen-bond donors (Lipinski definition) is 1. The van der Waals surface area contributed by atoms with Crippen molar-refractivity contribution in [3.8, 4) is 6.07 Å². The van der Waals surface area contributed by atoms with Crippen LogP contribution in [0, 0.1) is 16.7 Å². The van der Waals surface area contributed by atoms with E-state index in [0.717, 1.165) is 19.3 Å². The van der Waals surface area contributed by atoms with Gasteiger partial charge in [-0.1, -0.05) is 12.8 Å². The summed E-state index contributed by atoms with van der Waals surface area (Å²) in [6.45, 7) is 1.97. The molecule has 0 aromatic rings. The highest BCUT2D eigenvalue weighted by atomic mass is 14.7. The molecule has 0 bridgehead atoms. The Morgan fingerprint density at radius 2 is 2.30 bits per heavy atom. The fourth-order valence-corrected chi connectivity index (χ4v) is 1.50. The summed E-state index contributed by atoms with van der Waals surface area (Å²) in [5.41, 5.74) is 5.56. The molecular weight excluding hydrogens is 124 g/mol. The van der Waals surface area contributed by atoms with Gasteiger partial charge in [0.05, 0.1) is 11.5 Å². The van der Waals surface area contributed by atoms with E-state index in [1.54, 1.807) is 0 Å². The molecule has 0 saturated heterocycles. The van der Waals surface area contributed by atoms with Crippen molar-refractivity contribution < 1.29 is 0 Å². The van der Waals surface area contributed by atoms with E-state index < -0.39 is 0 Å². The molecule has 10 heavy (non-hydrogen) atoms. The first-order valence-electron chi connectivity index (χ1n) is 3.86. The summed E-state index contributed by atoms with van der Waals surface area (Å²) in [6, 6.07) is 2.41. The lowest BCUT2D eigenvalue weighted by Gasteiger charge is -2.32. The van der Waals surface area contributed by atoms with Crippen LogP contribution in [0.2, 0.25) is 0 Å². The minimum absolute atomic E-state index is 0.103. The van der Waals surface area contributed by atoms with Crippen LogP contribution < -0.4 is 5.73 Å². The van der Waals surface area contributed by atoms with E-state index in [1.807, 2.05) is 6.92 Å². The second kappa shape index (κ2) is 2.59. The molecule has 0 amide bonds. The first-order valence-corrected chi connectivity index (χ1v) is 3.86. The van der Waals surface area contributed by atoms with Crippen LogP contribution in [-0.2, 0) is 0 Å². The Balaban J connectivity index is 2.65. The summed E-state index contributed by atoms with van der Waals surface area (Å²) in [6.07, 6.45) is 4.35. The molecule has 0 aromatic carbocycles. The Kier molecular flexibility index (Phi) is 1.96. The zero-order valence-corrected chi connectivity index (χ0v) is 6.43. The van der Waals surface area contributed by atoms with Crippen molar-refractivity contribution in [2.45, 2.75) is 38.6 Å². The van der Waals surface area contributed by atoms with Gasteiger partial charge < -0.3 is 5.73 Å². The van der Waals surface area contributed by atoms with E-state index in [9.17, 15) is 0 Å².